The van der Waals surface area contributed by atoms with Gasteiger partial charge in [-0.15, -0.1) is 0 Å². The number of rotatable bonds is 11. The maximum absolute atomic E-state index is 13.7. The molecule has 0 heterocycles. The fourth-order valence-electron chi connectivity index (χ4n) is 6.26. The lowest BCUT2D eigenvalue weighted by Gasteiger charge is -2.20. The number of carbonyl (C=O) groups is 1. The van der Waals surface area contributed by atoms with Gasteiger partial charge >= 0.3 is 5.97 Å². The fourth-order valence-corrected chi connectivity index (χ4v) is 6.26. The molecular formula is C38H36O10. The highest BCUT2D eigenvalue weighted by molar-refractivity contribution is 6.34. The molecule has 0 saturated heterocycles. The number of methoxy groups -OCH3 is 8. The molecule has 0 aliphatic heterocycles. The topological polar surface area (TPSA) is 100 Å². The molecule has 0 N–H and O–H groups in total. The number of carbonyl (C=O) groups excluding carboxylic acids is 1. The van der Waals surface area contributed by atoms with Crippen LogP contribution in [-0.4, -0.2) is 62.8 Å². The molecule has 248 valence electrons. The third-order valence-corrected chi connectivity index (χ3v) is 8.50. The average molecular weight is 653 g/mol. The summed E-state index contributed by atoms with van der Waals surface area (Å²) in [6.07, 6.45) is -0.0144. The van der Waals surface area contributed by atoms with E-state index in [-0.39, 0.29) is 6.42 Å². The Morgan fingerprint density at radius 2 is 0.812 bits per heavy atom. The largest absolute Gasteiger partial charge is 0.493 e. The normalized spacial score (nSPS) is 11.1. The zero-order chi connectivity index (χ0) is 34.1. The van der Waals surface area contributed by atoms with Crippen molar-refractivity contribution < 1.29 is 47.4 Å². The monoisotopic (exact) mass is 652 g/mol. The van der Waals surface area contributed by atoms with Crippen molar-refractivity contribution in [2.45, 2.75) is 6.42 Å². The van der Waals surface area contributed by atoms with Crippen LogP contribution in [0.15, 0.2) is 60.7 Å². The van der Waals surface area contributed by atoms with E-state index in [1.807, 2.05) is 42.5 Å². The van der Waals surface area contributed by atoms with Gasteiger partial charge in [0.2, 0.25) is 0 Å². The molecule has 0 bridgehead atoms. The van der Waals surface area contributed by atoms with Crippen LogP contribution in [0, 0.1) is 0 Å². The van der Waals surface area contributed by atoms with E-state index in [0.717, 1.165) is 37.7 Å². The van der Waals surface area contributed by atoms with Crippen molar-refractivity contribution >= 4 is 49.1 Å². The number of esters is 1. The van der Waals surface area contributed by atoms with Gasteiger partial charge in [0.1, 0.15) is 5.75 Å². The van der Waals surface area contributed by atoms with Crippen molar-refractivity contribution in [1.82, 2.24) is 0 Å². The van der Waals surface area contributed by atoms with Crippen LogP contribution in [0.1, 0.15) is 5.56 Å². The smallest absolute Gasteiger partial charge is 0.315 e. The van der Waals surface area contributed by atoms with E-state index < -0.39 is 5.97 Å². The zero-order valence-electron chi connectivity index (χ0n) is 28.1. The van der Waals surface area contributed by atoms with Crippen LogP contribution in [0.5, 0.6) is 51.7 Å². The summed E-state index contributed by atoms with van der Waals surface area (Å²) >= 11 is 0. The molecule has 48 heavy (non-hydrogen) atoms. The molecule has 0 aliphatic rings. The Morgan fingerprint density at radius 3 is 1.31 bits per heavy atom. The lowest BCUT2D eigenvalue weighted by atomic mass is 9.89. The van der Waals surface area contributed by atoms with Gasteiger partial charge in [0.05, 0.1) is 63.3 Å². The highest BCUT2D eigenvalue weighted by Gasteiger charge is 2.23. The van der Waals surface area contributed by atoms with Crippen LogP contribution in [-0.2, 0) is 11.2 Å². The number of hydrogen-bond acceptors (Lipinski definition) is 10. The molecule has 0 amide bonds. The van der Waals surface area contributed by atoms with Crippen molar-refractivity contribution in [3.05, 3.63) is 66.2 Å². The Hall–Kier alpha value is -5.77. The van der Waals surface area contributed by atoms with Gasteiger partial charge in [-0.2, -0.15) is 0 Å². The minimum atomic E-state index is -0.468. The standard InChI is InChI=1S/C38H36O10/c1-40-27-10-9-20(11-28(27)41-2)12-36(39)48-35-14-21-13-29(42-3)30(43-4)15-22(21)37-25-18-33(46-7)31(44-5)16-23(25)24-17-32(45-6)34(47-8)19-26(24)38(35)37/h9-11,13-19H,12H2,1-8H3. The van der Waals surface area contributed by atoms with Gasteiger partial charge in [0.15, 0.2) is 46.0 Å². The summed E-state index contributed by atoms with van der Waals surface area (Å²) in [6, 6.07) is 18.6. The Balaban J connectivity index is 1.72. The van der Waals surface area contributed by atoms with Crippen molar-refractivity contribution in [3.63, 3.8) is 0 Å². The molecule has 0 spiro atoms. The van der Waals surface area contributed by atoms with Crippen LogP contribution in [0.3, 0.4) is 0 Å². The first-order chi connectivity index (χ1) is 23.3. The number of hydrogen-bond donors (Lipinski definition) is 0. The van der Waals surface area contributed by atoms with Gasteiger partial charge in [0, 0.05) is 10.8 Å². The van der Waals surface area contributed by atoms with E-state index in [4.69, 9.17) is 42.6 Å². The van der Waals surface area contributed by atoms with Crippen molar-refractivity contribution in [1.29, 1.82) is 0 Å². The van der Waals surface area contributed by atoms with Gasteiger partial charge in [-0.1, -0.05) is 6.07 Å². The summed E-state index contributed by atoms with van der Waals surface area (Å²) in [7, 11) is 12.6. The molecule has 0 radical (unpaired) electrons. The molecule has 0 fully saturated rings. The van der Waals surface area contributed by atoms with Gasteiger partial charge < -0.3 is 42.6 Å². The molecule has 0 aliphatic carbocycles. The Labute approximate surface area is 277 Å². The highest BCUT2D eigenvalue weighted by atomic mass is 16.5. The number of fused-ring (bicyclic) bond motifs is 8. The van der Waals surface area contributed by atoms with Crippen LogP contribution in [0.4, 0.5) is 0 Å². The highest BCUT2D eigenvalue weighted by Crippen LogP contribution is 2.50. The van der Waals surface area contributed by atoms with Crippen LogP contribution in [0.2, 0.25) is 0 Å². The summed E-state index contributed by atoms with van der Waals surface area (Å²) in [5.41, 5.74) is 0.702. The maximum Gasteiger partial charge on any atom is 0.315 e. The lowest BCUT2D eigenvalue weighted by Crippen LogP contribution is -2.12. The average Bonchev–Trinajstić information content (AvgIpc) is 3.12. The zero-order valence-corrected chi connectivity index (χ0v) is 28.1. The molecule has 10 nitrogen and oxygen atoms in total. The Kier molecular flexibility index (Phi) is 8.82. The third-order valence-electron chi connectivity index (χ3n) is 8.50. The van der Waals surface area contributed by atoms with E-state index >= 15 is 0 Å². The van der Waals surface area contributed by atoms with E-state index in [2.05, 4.69) is 0 Å². The Morgan fingerprint density at radius 1 is 0.417 bits per heavy atom. The number of benzene rings is 6. The molecule has 6 aromatic rings. The maximum atomic E-state index is 13.7. The quantitative estimate of drug-likeness (QED) is 0.0794. The molecule has 0 aromatic heterocycles. The fraction of sp³-hybridized carbons (Fsp3) is 0.237. The molecule has 0 atom stereocenters. The van der Waals surface area contributed by atoms with Crippen molar-refractivity contribution in [2.75, 3.05) is 56.9 Å². The van der Waals surface area contributed by atoms with Gasteiger partial charge in [0.25, 0.3) is 0 Å². The first-order valence-electron chi connectivity index (χ1n) is 15.0. The minimum Gasteiger partial charge on any atom is -0.493 e. The second-order valence-corrected chi connectivity index (χ2v) is 10.9. The summed E-state index contributed by atoms with van der Waals surface area (Å²) in [5.74, 6) is 4.19. The summed E-state index contributed by atoms with van der Waals surface area (Å²) < 4.78 is 51.4. The van der Waals surface area contributed by atoms with Crippen LogP contribution < -0.4 is 42.6 Å². The van der Waals surface area contributed by atoms with Crippen molar-refractivity contribution in [3.8, 4) is 51.7 Å². The van der Waals surface area contributed by atoms with E-state index in [9.17, 15) is 4.79 Å². The molecule has 6 aromatic carbocycles. The lowest BCUT2D eigenvalue weighted by molar-refractivity contribution is -0.133. The van der Waals surface area contributed by atoms with Crippen LogP contribution in [0.25, 0.3) is 43.1 Å². The second kappa shape index (κ2) is 13.2. The van der Waals surface area contributed by atoms with Gasteiger partial charge in [-0.25, -0.2) is 0 Å². The van der Waals surface area contributed by atoms with Crippen molar-refractivity contribution in [2.24, 2.45) is 0 Å². The molecule has 0 unspecified atom stereocenters. The van der Waals surface area contributed by atoms with Gasteiger partial charge in [-0.3, -0.25) is 4.79 Å². The predicted octanol–water partition coefficient (Wildman–Crippen LogP) is 7.52. The number of ether oxygens (including phenoxy) is 9. The Bertz CT molecular complexity index is 2210. The second-order valence-electron chi connectivity index (χ2n) is 10.9. The van der Waals surface area contributed by atoms with E-state index in [1.54, 1.807) is 75.1 Å². The first kappa shape index (κ1) is 32.2. The van der Waals surface area contributed by atoms with Gasteiger partial charge in [-0.05, 0) is 92.5 Å². The molecule has 0 saturated carbocycles. The summed E-state index contributed by atoms with van der Waals surface area (Å²) in [4.78, 5) is 13.7. The van der Waals surface area contributed by atoms with Crippen LogP contribution >= 0.6 is 0 Å². The first-order valence-corrected chi connectivity index (χ1v) is 15.0. The SMILES string of the molecule is COc1ccc(CC(=O)Oc2cc3cc(OC)c(OC)cc3c3c4cc(OC)c(OC)cc4c4cc(OC)c(OC)cc4c23)cc1OC. The summed E-state index contributed by atoms with van der Waals surface area (Å²) in [5, 5.41) is 6.39. The third kappa shape index (κ3) is 5.38. The van der Waals surface area contributed by atoms with E-state index in [0.29, 0.717) is 62.7 Å². The van der Waals surface area contributed by atoms with E-state index in [1.165, 1.54) is 0 Å². The molecular weight excluding hydrogens is 616 g/mol. The molecule has 10 heteroatoms. The summed E-state index contributed by atoms with van der Waals surface area (Å²) in [6.45, 7) is 0. The minimum absolute atomic E-state index is 0.0144. The predicted molar refractivity (Wildman–Crippen MR) is 185 cm³/mol. The molecule has 6 rings (SSSR count).